The lowest BCUT2D eigenvalue weighted by Gasteiger charge is -2.38. The van der Waals surface area contributed by atoms with Crippen molar-refractivity contribution in [2.24, 2.45) is 5.92 Å². The Morgan fingerprint density at radius 3 is 2.45 bits per heavy atom. The summed E-state index contributed by atoms with van der Waals surface area (Å²) in [4.78, 5) is 33.4. The second-order valence-corrected chi connectivity index (χ2v) is 13.2. The minimum absolute atomic E-state index is 0.0643. The first-order valence-electron chi connectivity index (χ1n) is 15.9. The molecule has 9 heteroatoms. The van der Waals surface area contributed by atoms with Crippen molar-refractivity contribution < 1.29 is 24.2 Å². The van der Waals surface area contributed by atoms with E-state index in [9.17, 15) is 14.7 Å². The summed E-state index contributed by atoms with van der Waals surface area (Å²) in [5, 5.41) is 13.0. The molecule has 0 aliphatic carbocycles. The number of carbonyl (C=O) groups excluding carboxylic acids is 2. The Balaban J connectivity index is 1.35. The van der Waals surface area contributed by atoms with E-state index >= 15 is 0 Å². The van der Waals surface area contributed by atoms with Crippen molar-refractivity contribution in [3.63, 3.8) is 0 Å². The maximum Gasteiger partial charge on any atom is 0.258 e. The Bertz CT molecular complexity index is 1650. The number of benzene rings is 4. The number of aliphatic hydroxyl groups excluding tert-OH is 1. The minimum atomic E-state index is -0.384. The van der Waals surface area contributed by atoms with Gasteiger partial charge in [0.1, 0.15) is 11.9 Å². The van der Waals surface area contributed by atoms with Crippen LogP contribution in [-0.4, -0.2) is 72.7 Å². The van der Waals surface area contributed by atoms with Gasteiger partial charge in [-0.3, -0.25) is 14.5 Å². The first kappa shape index (κ1) is 34.0. The van der Waals surface area contributed by atoms with Gasteiger partial charge in [0.15, 0.2) is 5.75 Å². The first-order valence-corrected chi connectivity index (χ1v) is 16.7. The minimum Gasteiger partial charge on any atom is -0.496 e. The molecule has 8 nitrogen and oxygen atoms in total. The van der Waals surface area contributed by atoms with Crippen LogP contribution in [0.2, 0.25) is 0 Å². The van der Waals surface area contributed by atoms with Crippen LogP contribution in [0.15, 0.2) is 107 Å². The Hall–Kier alpha value is -4.31. The number of rotatable bonds is 12. The number of ether oxygens (including phenoxy) is 2. The summed E-state index contributed by atoms with van der Waals surface area (Å²) in [6.07, 6.45) is -0.207. The monoisotopic (exact) mass is 653 g/mol. The van der Waals surface area contributed by atoms with Crippen LogP contribution in [0.3, 0.4) is 0 Å². The fourth-order valence-corrected chi connectivity index (χ4v) is 6.58. The van der Waals surface area contributed by atoms with Gasteiger partial charge in [-0.1, -0.05) is 73.3 Å². The van der Waals surface area contributed by atoms with Crippen molar-refractivity contribution in [2.45, 2.75) is 48.7 Å². The summed E-state index contributed by atoms with van der Waals surface area (Å²) >= 11 is 1.73. The molecule has 246 valence electrons. The topological polar surface area (TPSA) is 91.3 Å². The maximum atomic E-state index is 13.9. The van der Waals surface area contributed by atoms with E-state index < -0.39 is 0 Å². The molecule has 0 bridgehead atoms. The molecule has 1 aliphatic rings. The van der Waals surface area contributed by atoms with E-state index in [1.54, 1.807) is 42.0 Å². The van der Waals surface area contributed by atoms with E-state index in [1.165, 1.54) is 15.4 Å². The predicted octanol–water partition coefficient (Wildman–Crippen LogP) is 6.38. The lowest BCUT2D eigenvalue weighted by molar-refractivity contribution is -0.115. The van der Waals surface area contributed by atoms with Crippen LogP contribution in [0, 0.1) is 5.92 Å². The third kappa shape index (κ3) is 8.74. The highest BCUT2D eigenvalue weighted by molar-refractivity contribution is 7.99. The number of carbonyl (C=O) groups is 2. The molecule has 1 heterocycles. The maximum absolute atomic E-state index is 13.9. The Labute approximate surface area is 281 Å². The van der Waals surface area contributed by atoms with Crippen molar-refractivity contribution in [3.05, 3.63) is 114 Å². The van der Waals surface area contributed by atoms with Gasteiger partial charge in [0, 0.05) is 40.9 Å². The molecule has 2 N–H and O–H groups in total. The van der Waals surface area contributed by atoms with Gasteiger partial charge in [0.25, 0.3) is 5.91 Å². The summed E-state index contributed by atoms with van der Waals surface area (Å²) in [5.74, 6) is 0.415. The molecule has 4 aromatic carbocycles. The standard InChI is InChI=1S/C38H43N3O5S/c1-26-22-41(27(2)25-42)38(44)32-14-10-15-33(39-36(43)21-29-11-8-9-16-34(29)45-4)37(32)46-35(26)24-40(3)23-28-17-19-31(20-18-28)47-30-12-6-5-7-13-30/h5-20,26-27,35,42H,21-25H2,1-4H3,(H,39,43)/t26-,27+,35-/m1/s1. The van der Waals surface area contributed by atoms with Gasteiger partial charge in [-0.15, -0.1) is 0 Å². The highest BCUT2D eigenvalue weighted by Gasteiger charge is 2.34. The van der Waals surface area contributed by atoms with E-state index in [0.717, 1.165) is 5.56 Å². The van der Waals surface area contributed by atoms with Crippen LogP contribution in [0.4, 0.5) is 5.69 Å². The summed E-state index contributed by atoms with van der Waals surface area (Å²) in [7, 11) is 3.64. The molecule has 2 amide bonds. The second-order valence-electron chi connectivity index (χ2n) is 12.1. The predicted molar refractivity (Wildman–Crippen MR) is 186 cm³/mol. The van der Waals surface area contributed by atoms with Crippen LogP contribution in [0.1, 0.15) is 35.3 Å². The highest BCUT2D eigenvalue weighted by Crippen LogP contribution is 2.35. The number of para-hydroxylation sites is 2. The summed E-state index contributed by atoms with van der Waals surface area (Å²) in [6.45, 7) is 5.46. The molecule has 0 saturated carbocycles. The largest absolute Gasteiger partial charge is 0.496 e. The number of anilines is 1. The number of amides is 2. The van der Waals surface area contributed by atoms with Crippen LogP contribution < -0.4 is 14.8 Å². The molecule has 0 unspecified atom stereocenters. The number of hydrogen-bond donors (Lipinski definition) is 2. The Kier molecular flexibility index (Phi) is 11.6. The molecule has 0 fully saturated rings. The third-order valence-electron chi connectivity index (χ3n) is 8.36. The number of hydrogen-bond acceptors (Lipinski definition) is 7. The SMILES string of the molecule is COc1ccccc1CC(=O)Nc1cccc2c1O[C@H](CN(C)Cc1ccc(Sc3ccccc3)cc1)[C@H](C)CN([C@@H](C)CO)C2=O. The Morgan fingerprint density at radius 2 is 1.72 bits per heavy atom. The zero-order valence-corrected chi connectivity index (χ0v) is 28.2. The molecule has 5 rings (SSSR count). The van der Waals surface area contributed by atoms with Crippen molar-refractivity contribution in [3.8, 4) is 11.5 Å². The molecule has 47 heavy (non-hydrogen) atoms. The van der Waals surface area contributed by atoms with Gasteiger partial charge >= 0.3 is 0 Å². The molecule has 0 aromatic heterocycles. The molecule has 0 spiro atoms. The molecule has 3 atom stereocenters. The second kappa shape index (κ2) is 16.0. The zero-order valence-electron chi connectivity index (χ0n) is 27.4. The molecule has 1 aliphatic heterocycles. The fourth-order valence-electron chi connectivity index (χ4n) is 5.75. The number of nitrogens with zero attached hydrogens (tertiary/aromatic N) is 2. The van der Waals surface area contributed by atoms with E-state index in [0.29, 0.717) is 42.4 Å². The van der Waals surface area contributed by atoms with Crippen molar-refractivity contribution >= 4 is 29.3 Å². The summed E-state index contributed by atoms with van der Waals surface area (Å²) < 4.78 is 12.1. The molecular weight excluding hydrogens is 611 g/mol. The average Bonchev–Trinajstić information content (AvgIpc) is 3.08. The van der Waals surface area contributed by atoms with Crippen molar-refractivity contribution in [1.29, 1.82) is 0 Å². The number of likely N-dealkylation sites (N-methyl/N-ethyl adjacent to an activating group) is 1. The fraction of sp³-hybridized carbons (Fsp3) is 0.316. The normalized spacial score (nSPS) is 16.9. The van der Waals surface area contributed by atoms with Crippen LogP contribution in [0.25, 0.3) is 0 Å². The lowest BCUT2D eigenvalue weighted by Crippen LogP contribution is -2.49. The summed E-state index contributed by atoms with van der Waals surface area (Å²) in [6, 6.07) is 31.1. The zero-order chi connectivity index (χ0) is 33.3. The average molecular weight is 654 g/mol. The lowest BCUT2D eigenvalue weighted by atomic mass is 9.98. The number of fused-ring (bicyclic) bond motifs is 1. The Morgan fingerprint density at radius 1 is 1.02 bits per heavy atom. The summed E-state index contributed by atoms with van der Waals surface area (Å²) in [5.41, 5.74) is 2.72. The van der Waals surface area contributed by atoms with Crippen molar-refractivity contribution in [2.75, 3.05) is 39.2 Å². The van der Waals surface area contributed by atoms with Gasteiger partial charge < -0.3 is 24.8 Å². The molecule has 0 saturated heterocycles. The van der Waals surface area contributed by atoms with Gasteiger partial charge in [-0.05, 0) is 62.0 Å². The van der Waals surface area contributed by atoms with Gasteiger partial charge in [-0.2, -0.15) is 0 Å². The smallest absolute Gasteiger partial charge is 0.258 e. The third-order valence-corrected chi connectivity index (χ3v) is 9.37. The van der Waals surface area contributed by atoms with Gasteiger partial charge in [0.2, 0.25) is 5.91 Å². The van der Waals surface area contributed by atoms with Gasteiger partial charge in [-0.25, -0.2) is 0 Å². The van der Waals surface area contributed by atoms with E-state index in [2.05, 4.69) is 60.6 Å². The van der Waals surface area contributed by atoms with E-state index in [-0.39, 0.29) is 42.9 Å². The molecule has 4 aromatic rings. The van der Waals surface area contributed by atoms with Crippen molar-refractivity contribution in [1.82, 2.24) is 9.80 Å². The molecular formula is C38H43N3O5S. The van der Waals surface area contributed by atoms with Crippen LogP contribution in [-0.2, 0) is 17.8 Å². The highest BCUT2D eigenvalue weighted by atomic mass is 32.2. The quantitative estimate of drug-likeness (QED) is 0.183. The number of aliphatic hydroxyl groups is 1. The first-order chi connectivity index (χ1) is 22.7. The number of nitrogens with one attached hydrogen (secondary N) is 1. The van der Waals surface area contributed by atoms with E-state index in [4.69, 9.17) is 9.47 Å². The molecule has 0 radical (unpaired) electrons. The van der Waals surface area contributed by atoms with Crippen LogP contribution in [0.5, 0.6) is 11.5 Å². The van der Waals surface area contributed by atoms with E-state index in [1.807, 2.05) is 49.4 Å². The van der Waals surface area contributed by atoms with Gasteiger partial charge in [0.05, 0.1) is 37.4 Å². The van der Waals surface area contributed by atoms with Crippen LogP contribution >= 0.6 is 11.8 Å². The number of methoxy groups -OCH3 is 1.